The Hall–Kier alpha value is -4.01. The first-order valence-corrected chi connectivity index (χ1v) is 9.83. The number of ketones is 1. The molecule has 0 unspecified atom stereocenters. The standard InChI is InChI=1S/C23H23NO8/c1-29-17-8-5-14(10-19(17)30-2)11-20-23(28)16-7-6-15(12-18(16)32-20)31-13-21(25)24-9-3-4-22(26)27/h5-8,10-12H,3-4,9,13H2,1-2H3,(H,24,25)(H,26,27). The van der Waals surface area contributed by atoms with E-state index in [1.54, 1.807) is 49.6 Å². The lowest BCUT2D eigenvalue weighted by Gasteiger charge is -2.08. The maximum absolute atomic E-state index is 12.7. The molecule has 0 bridgehead atoms. The number of allylic oxidation sites excluding steroid dienone is 1. The molecule has 0 saturated carbocycles. The number of benzene rings is 2. The molecule has 0 aromatic heterocycles. The van der Waals surface area contributed by atoms with Gasteiger partial charge in [-0.25, -0.2) is 0 Å². The van der Waals surface area contributed by atoms with Crippen molar-refractivity contribution >= 4 is 23.7 Å². The summed E-state index contributed by atoms with van der Waals surface area (Å²) in [6, 6.07) is 9.94. The van der Waals surface area contributed by atoms with Crippen LogP contribution in [0.5, 0.6) is 23.0 Å². The zero-order valence-corrected chi connectivity index (χ0v) is 17.7. The zero-order valence-electron chi connectivity index (χ0n) is 17.7. The summed E-state index contributed by atoms with van der Waals surface area (Å²) in [7, 11) is 3.07. The minimum absolute atomic E-state index is 0.0174. The number of rotatable bonds is 10. The fraction of sp³-hybridized carbons (Fsp3) is 0.261. The van der Waals surface area contributed by atoms with Crippen molar-refractivity contribution in [2.24, 2.45) is 0 Å². The van der Waals surface area contributed by atoms with Crippen molar-refractivity contribution in [3.8, 4) is 23.0 Å². The summed E-state index contributed by atoms with van der Waals surface area (Å²) in [5.74, 6) is 0.402. The molecule has 2 N–H and O–H groups in total. The van der Waals surface area contributed by atoms with E-state index in [0.29, 0.717) is 40.5 Å². The van der Waals surface area contributed by atoms with Crippen LogP contribution in [-0.2, 0) is 9.59 Å². The lowest BCUT2D eigenvalue weighted by Crippen LogP contribution is -2.29. The van der Waals surface area contributed by atoms with Gasteiger partial charge in [0, 0.05) is 19.0 Å². The zero-order chi connectivity index (χ0) is 23.1. The third kappa shape index (κ3) is 5.57. The molecule has 1 amide bonds. The molecule has 9 heteroatoms. The van der Waals surface area contributed by atoms with Crippen molar-refractivity contribution in [1.82, 2.24) is 5.32 Å². The van der Waals surface area contributed by atoms with Gasteiger partial charge in [0.1, 0.15) is 11.5 Å². The van der Waals surface area contributed by atoms with Crippen LogP contribution in [0.4, 0.5) is 0 Å². The van der Waals surface area contributed by atoms with Crippen molar-refractivity contribution in [1.29, 1.82) is 0 Å². The van der Waals surface area contributed by atoms with Crippen LogP contribution in [-0.4, -0.2) is 50.1 Å². The molecule has 168 valence electrons. The largest absolute Gasteiger partial charge is 0.493 e. The predicted molar refractivity (Wildman–Crippen MR) is 114 cm³/mol. The number of aliphatic carboxylic acids is 1. The minimum atomic E-state index is -0.914. The second-order valence-electron chi connectivity index (χ2n) is 6.85. The molecule has 1 aliphatic heterocycles. The summed E-state index contributed by atoms with van der Waals surface area (Å²) in [5, 5.41) is 11.2. The maximum atomic E-state index is 12.7. The van der Waals surface area contributed by atoms with E-state index in [1.165, 1.54) is 7.11 Å². The first-order chi connectivity index (χ1) is 15.4. The topological polar surface area (TPSA) is 120 Å². The smallest absolute Gasteiger partial charge is 0.303 e. The van der Waals surface area contributed by atoms with E-state index >= 15 is 0 Å². The lowest BCUT2D eigenvalue weighted by molar-refractivity contribution is -0.137. The Morgan fingerprint density at radius 3 is 2.59 bits per heavy atom. The van der Waals surface area contributed by atoms with Crippen LogP contribution in [0.1, 0.15) is 28.8 Å². The number of hydrogen-bond donors (Lipinski definition) is 2. The second-order valence-corrected chi connectivity index (χ2v) is 6.85. The highest BCUT2D eigenvalue weighted by atomic mass is 16.5. The summed E-state index contributed by atoms with van der Waals surface area (Å²) in [6.07, 6.45) is 1.93. The number of methoxy groups -OCH3 is 2. The molecular formula is C23H23NO8. The van der Waals surface area contributed by atoms with E-state index in [2.05, 4.69) is 5.32 Å². The van der Waals surface area contributed by atoms with Crippen molar-refractivity contribution < 1.29 is 38.4 Å². The number of hydrogen-bond acceptors (Lipinski definition) is 7. The van der Waals surface area contributed by atoms with Crippen LogP contribution >= 0.6 is 0 Å². The highest BCUT2D eigenvalue weighted by molar-refractivity contribution is 6.14. The van der Waals surface area contributed by atoms with Gasteiger partial charge in [-0.05, 0) is 42.3 Å². The molecule has 2 aromatic rings. The molecule has 1 aliphatic rings. The van der Waals surface area contributed by atoms with Crippen molar-refractivity contribution in [3.63, 3.8) is 0 Å². The van der Waals surface area contributed by atoms with Crippen molar-refractivity contribution in [3.05, 3.63) is 53.3 Å². The molecule has 32 heavy (non-hydrogen) atoms. The van der Waals surface area contributed by atoms with Crippen LogP contribution in [0.3, 0.4) is 0 Å². The number of Topliss-reactive ketones (excluding diaryl/α,β-unsaturated/α-hetero) is 1. The Bertz CT molecular complexity index is 1060. The van der Waals surface area contributed by atoms with E-state index < -0.39 is 5.97 Å². The Kier molecular flexibility index (Phi) is 7.33. The number of carbonyl (C=O) groups excluding carboxylic acids is 2. The molecule has 2 aromatic carbocycles. The molecule has 1 heterocycles. The average molecular weight is 441 g/mol. The van der Waals surface area contributed by atoms with Gasteiger partial charge >= 0.3 is 5.97 Å². The van der Waals surface area contributed by atoms with Crippen LogP contribution in [0.15, 0.2) is 42.2 Å². The molecule has 9 nitrogen and oxygen atoms in total. The van der Waals surface area contributed by atoms with Gasteiger partial charge in [0.05, 0.1) is 19.8 Å². The quantitative estimate of drug-likeness (QED) is 0.427. The minimum Gasteiger partial charge on any atom is -0.493 e. The second kappa shape index (κ2) is 10.3. The Balaban J connectivity index is 1.62. The highest BCUT2D eigenvalue weighted by Gasteiger charge is 2.28. The van der Waals surface area contributed by atoms with Gasteiger partial charge in [-0.3, -0.25) is 14.4 Å². The van der Waals surface area contributed by atoms with Gasteiger partial charge in [-0.1, -0.05) is 6.07 Å². The molecule has 0 spiro atoms. The van der Waals surface area contributed by atoms with E-state index in [9.17, 15) is 14.4 Å². The van der Waals surface area contributed by atoms with E-state index in [4.69, 9.17) is 24.1 Å². The average Bonchev–Trinajstić information content (AvgIpc) is 3.09. The molecule has 0 fully saturated rings. The summed E-state index contributed by atoms with van der Waals surface area (Å²) in [6.45, 7) is 0.00867. The predicted octanol–water partition coefficient (Wildman–Crippen LogP) is 2.68. The molecule has 3 rings (SSSR count). The summed E-state index contributed by atoms with van der Waals surface area (Å²) >= 11 is 0. The fourth-order valence-corrected chi connectivity index (χ4v) is 3.02. The van der Waals surface area contributed by atoms with Crippen molar-refractivity contribution in [2.75, 3.05) is 27.4 Å². The van der Waals surface area contributed by atoms with Gasteiger partial charge in [-0.15, -0.1) is 0 Å². The number of nitrogens with one attached hydrogen (secondary N) is 1. The molecule has 0 saturated heterocycles. The molecular weight excluding hydrogens is 418 g/mol. The number of carboxylic acid groups (broad SMARTS) is 1. The van der Waals surface area contributed by atoms with Crippen LogP contribution in [0, 0.1) is 0 Å². The fourth-order valence-electron chi connectivity index (χ4n) is 3.02. The third-order valence-corrected chi connectivity index (χ3v) is 4.61. The van der Waals surface area contributed by atoms with Crippen molar-refractivity contribution in [2.45, 2.75) is 12.8 Å². The van der Waals surface area contributed by atoms with Gasteiger partial charge in [0.15, 0.2) is 23.9 Å². The third-order valence-electron chi connectivity index (χ3n) is 4.61. The molecule has 0 radical (unpaired) electrons. The lowest BCUT2D eigenvalue weighted by atomic mass is 10.1. The first-order valence-electron chi connectivity index (χ1n) is 9.83. The van der Waals surface area contributed by atoms with E-state index in [-0.39, 0.29) is 37.0 Å². The number of ether oxygens (including phenoxy) is 4. The number of carbonyl (C=O) groups is 3. The number of carboxylic acids is 1. The summed E-state index contributed by atoms with van der Waals surface area (Å²) in [5.41, 5.74) is 1.09. The number of fused-ring (bicyclic) bond motifs is 1. The van der Waals surface area contributed by atoms with Crippen LogP contribution in [0.25, 0.3) is 6.08 Å². The van der Waals surface area contributed by atoms with E-state index in [0.717, 1.165) is 0 Å². The Morgan fingerprint density at radius 1 is 1.09 bits per heavy atom. The summed E-state index contributed by atoms with van der Waals surface area (Å²) in [4.78, 5) is 34.9. The van der Waals surface area contributed by atoms with Gasteiger partial charge in [0.25, 0.3) is 5.91 Å². The van der Waals surface area contributed by atoms with Gasteiger partial charge in [-0.2, -0.15) is 0 Å². The van der Waals surface area contributed by atoms with Gasteiger partial charge < -0.3 is 29.4 Å². The highest BCUT2D eigenvalue weighted by Crippen LogP contribution is 2.35. The first kappa shape index (κ1) is 22.7. The number of amides is 1. The SMILES string of the molecule is COc1ccc(C=C2Oc3cc(OCC(=O)NCCCC(=O)O)ccc3C2=O)cc1OC. The molecule has 0 atom stereocenters. The van der Waals surface area contributed by atoms with Crippen LogP contribution < -0.4 is 24.3 Å². The maximum Gasteiger partial charge on any atom is 0.303 e. The molecule has 0 aliphatic carbocycles. The monoisotopic (exact) mass is 441 g/mol. The van der Waals surface area contributed by atoms with Crippen LogP contribution in [0.2, 0.25) is 0 Å². The normalized spacial score (nSPS) is 13.3. The Labute approximate surface area is 184 Å². The Morgan fingerprint density at radius 2 is 1.88 bits per heavy atom. The summed E-state index contributed by atoms with van der Waals surface area (Å²) < 4.78 is 21.6. The van der Waals surface area contributed by atoms with Gasteiger partial charge in [0.2, 0.25) is 5.78 Å². The van der Waals surface area contributed by atoms with E-state index in [1.807, 2.05) is 0 Å².